The second kappa shape index (κ2) is 8.32. The summed E-state index contributed by atoms with van der Waals surface area (Å²) in [5.74, 6) is -0.394. The van der Waals surface area contributed by atoms with Crippen LogP contribution in [0, 0.1) is 10.1 Å². The Kier molecular flexibility index (Phi) is 6.16. The van der Waals surface area contributed by atoms with Gasteiger partial charge >= 0.3 is 6.18 Å². The van der Waals surface area contributed by atoms with Crippen molar-refractivity contribution >= 4 is 17.3 Å². The Bertz CT molecular complexity index is 777. The summed E-state index contributed by atoms with van der Waals surface area (Å²) >= 11 is 0. The maximum Gasteiger partial charge on any atom is 0.416 e. The predicted molar refractivity (Wildman–Crippen MR) is 89.7 cm³/mol. The van der Waals surface area contributed by atoms with E-state index in [0.29, 0.717) is 12.2 Å². The molecule has 0 bridgehead atoms. The van der Waals surface area contributed by atoms with E-state index in [1.165, 1.54) is 24.3 Å². The highest BCUT2D eigenvalue weighted by molar-refractivity contribution is 5.78. The Morgan fingerprint density at radius 3 is 2.38 bits per heavy atom. The molecule has 1 amide bonds. The Labute approximate surface area is 147 Å². The van der Waals surface area contributed by atoms with Crippen molar-refractivity contribution < 1.29 is 22.9 Å². The summed E-state index contributed by atoms with van der Waals surface area (Å²) in [6.45, 7) is 0.626. The van der Waals surface area contributed by atoms with Crippen molar-refractivity contribution in [3.05, 3.63) is 69.8 Å². The molecule has 0 spiro atoms. The lowest BCUT2D eigenvalue weighted by Gasteiger charge is -2.10. The van der Waals surface area contributed by atoms with Crippen molar-refractivity contribution in [3.63, 3.8) is 0 Å². The number of benzene rings is 2. The van der Waals surface area contributed by atoms with Gasteiger partial charge in [0.25, 0.3) is 5.69 Å². The number of carbonyl (C=O) groups is 1. The van der Waals surface area contributed by atoms with Gasteiger partial charge in [-0.2, -0.15) is 13.2 Å². The fourth-order valence-electron chi connectivity index (χ4n) is 2.22. The summed E-state index contributed by atoms with van der Waals surface area (Å²) in [4.78, 5) is 21.9. The molecule has 0 heterocycles. The topological polar surface area (TPSA) is 84.3 Å². The first-order valence-corrected chi connectivity index (χ1v) is 7.67. The number of nitro benzene ring substituents is 1. The minimum atomic E-state index is -4.44. The zero-order valence-electron chi connectivity index (χ0n) is 13.5. The zero-order chi connectivity index (χ0) is 19.2. The molecule has 2 rings (SSSR count). The molecule has 0 unspecified atom stereocenters. The first-order valence-electron chi connectivity index (χ1n) is 7.67. The van der Waals surface area contributed by atoms with Gasteiger partial charge in [0, 0.05) is 30.9 Å². The van der Waals surface area contributed by atoms with Gasteiger partial charge in [-0.25, -0.2) is 0 Å². The average Bonchev–Trinajstić information content (AvgIpc) is 2.58. The summed E-state index contributed by atoms with van der Waals surface area (Å²) in [6, 6.07) is 10.4. The van der Waals surface area contributed by atoms with E-state index in [9.17, 15) is 28.1 Å². The normalized spacial score (nSPS) is 11.0. The first kappa shape index (κ1) is 19.2. The van der Waals surface area contributed by atoms with E-state index in [4.69, 9.17) is 0 Å². The number of nitrogens with zero attached hydrogens (tertiary/aromatic N) is 1. The third kappa shape index (κ3) is 5.76. The van der Waals surface area contributed by atoms with Crippen LogP contribution in [-0.4, -0.2) is 23.9 Å². The van der Waals surface area contributed by atoms with Crippen molar-refractivity contribution in [2.45, 2.75) is 12.6 Å². The lowest BCUT2D eigenvalue weighted by molar-refractivity contribution is -0.384. The molecule has 0 saturated carbocycles. The van der Waals surface area contributed by atoms with Gasteiger partial charge in [-0.15, -0.1) is 0 Å². The molecule has 2 aromatic rings. The lowest BCUT2D eigenvalue weighted by Crippen LogP contribution is -2.30. The molecule has 26 heavy (non-hydrogen) atoms. The molecule has 0 atom stereocenters. The van der Waals surface area contributed by atoms with Crippen LogP contribution in [0.1, 0.15) is 11.1 Å². The number of halogens is 3. The van der Waals surface area contributed by atoms with Gasteiger partial charge in [0.1, 0.15) is 0 Å². The smallest absolute Gasteiger partial charge is 0.383 e. The van der Waals surface area contributed by atoms with E-state index < -0.39 is 22.6 Å². The zero-order valence-corrected chi connectivity index (χ0v) is 13.5. The molecular formula is C17H16F3N3O3. The molecule has 0 radical (unpaired) electrons. The van der Waals surface area contributed by atoms with Crippen molar-refractivity contribution in [2.75, 3.05) is 18.4 Å². The number of nitrogens with one attached hydrogen (secondary N) is 2. The second-order valence-electron chi connectivity index (χ2n) is 5.46. The van der Waals surface area contributed by atoms with E-state index in [1.807, 2.05) is 0 Å². The Morgan fingerprint density at radius 2 is 1.77 bits per heavy atom. The largest absolute Gasteiger partial charge is 0.416 e. The van der Waals surface area contributed by atoms with Gasteiger partial charge < -0.3 is 10.6 Å². The number of amides is 1. The average molecular weight is 367 g/mol. The monoisotopic (exact) mass is 367 g/mol. The molecule has 0 aliphatic carbocycles. The van der Waals surface area contributed by atoms with Crippen LogP contribution < -0.4 is 10.6 Å². The van der Waals surface area contributed by atoms with Crippen LogP contribution >= 0.6 is 0 Å². The van der Waals surface area contributed by atoms with Crippen LogP contribution in [0.4, 0.5) is 24.5 Å². The number of rotatable bonds is 7. The van der Waals surface area contributed by atoms with Crippen LogP contribution in [0.5, 0.6) is 0 Å². The van der Waals surface area contributed by atoms with Gasteiger partial charge in [0.15, 0.2) is 0 Å². The fraction of sp³-hybridized carbons (Fsp3) is 0.235. The van der Waals surface area contributed by atoms with Crippen molar-refractivity contribution in [3.8, 4) is 0 Å². The van der Waals surface area contributed by atoms with Crippen LogP contribution in [0.25, 0.3) is 0 Å². The van der Waals surface area contributed by atoms with E-state index in [0.717, 1.165) is 12.1 Å². The highest BCUT2D eigenvalue weighted by Crippen LogP contribution is 2.29. The van der Waals surface area contributed by atoms with Gasteiger partial charge in [-0.3, -0.25) is 14.9 Å². The lowest BCUT2D eigenvalue weighted by atomic mass is 10.1. The molecular weight excluding hydrogens is 351 g/mol. The van der Waals surface area contributed by atoms with Gasteiger partial charge in [0.05, 0.1) is 16.9 Å². The molecule has 0 aliphatic rings. The Morgan fingerprint density at radius 1 is 1.08 bits per heavy atom. The number of hydrogen-bond acceptors (Lipinski definition) is 4. The number of carbonyl (C=O) groups excluding carboxylic acids is 1. The third-order valence-corrected chi connectivity index (χ3v) is 3.47. The number of alkyl halides is 3. The third-order valence-electron chi connectivity index (χ3n) is 3.47. The SMILES string of the molecule is O=C(Cc1cccc(C(F)(F)F)c1)NCCNc1ccc([N+](=O)[O-])cc1. The van der Waals surface area contributed by atoms with Crippen LogP contribution in [-0.2, 0) is 17.4 Å². The summed E-state index contributed by atoms with van der Waals surface area (Å²) in [5.41, 5.74) is 0.121. The second-order valence-corrected chi connectivity index (χ2v) is 5.46. The number of nitro groups is 1. The Balaban J connectivity index is 1.76. The molecule has 0 saturated heterocycles. The molecule has 0 aromatic heterocycles. The maximum atomic E-state index is 12.6. The summed E-state index contributed by atoms with van der Waals surface area (Å²) < 4.78 is 37.9. The molecule has 0 aliphatic heterocycles. The number of non-ortho nitro benzene ring substituents is 1. The standard InChI is InChI=1S/C17H16F3N3O3/c18-17(19,20)13-3-1-2-12(10-13)11-16(24)22-9-8-21-14-4-6-15(7-5-14)23(25)26/h1-7,10,21H,8-9,11H2,(H,22,24). The predicted octanol–water partition coefficient (Wildman–Crippen LogP) is 3.38. The molecule has 9 heteroatoms. The quantitative estimate of drug-likeness (QED) is 0.446. The molecule has 2 aromatic carbocycles. The summed E-state index contributed by atoms with van der Waals surface area (Å²) in [5, 5.41) is 16.1. The maximum absolute atomic E-state index is 12.6. The highest BCUT2D eigenvalue weighted by atomic mass is 19.4. The molecule has 0 fully saturated rings. The highest BCUT2D eigenvalue weighted by Gasteiger charge is 2.30. The van der Waals surface area contributed by atoms with E-state index in [-0.39, 0.29) is 24.2 Å². The Hall–Kier alpha value is -3.10. The summed E-state index contributed by atoms with van der Waals surface area (Å²) in [6.07, 6.45) is -4.59. The minimum absolute atomic E-state index is 0.0232. The van der Waals surface area contributed by atoms with Crippen LogP contribution in [0.15, 0.2) is 48.5 Å². The van der Waals surface area contributed by atoms with Gasteiger partial charge in [-0.05, 0) is 23.8 Å². The van der Waals surface area contributed by atoms with E-state index >= 15 is 0 Å². The van der Waals surface area contributed by atoms with Crippen molar-refractivity contribution in [2.24, 2.45) is 0 Å². The minimum Gasteiger partial charge on any atom is -0.383 e. The van der Waals surface area contributed by atoms with Crippen LogP contribution in [0.3, 0.4) is 0 Å². The fourth-order valence-corrected chi connectivity index (χ4v) is 2.22. The van der Waals surface area contributed by atoms with Gasteiger partial charge in [-0.1, -0.05) is 18.2 Å². The number of hydrogen-bond donors (Lipinski definition) is 2. The first-order chi connectivity index (χ1) is 12.3. The van der Waals surface area contributed by atoms with Gasteiger partial charge in [0.2, 0.25) is 5.91 Å². The van der Waals surface area contributed by atoms with E-state index in [1.54, 1.807) is 12.1 Å². The summed E-state index contributed by atoms with van der Waals surface area (Å²) in [7, 11) is 0. The molecule has 138 valence electrons. The van der Waals surface area contributed by atoms with E-state index in [2.05, 4.69) is 10.6 Å². The van der Waals surface area contributed by atoms with Crippen molar-refractivity contribution in [1.82, 2.24) is 5.32 Å². The van der Waals surface area contributed by atoms with Crippen molar-refractivity contribution in [1.29, 1.82) is 0 Å². The molecule has 6 nitrogen and oxygen atoms in total. The molecule has 2 N–H and O–H groups in total. The number of anilines is 1. The van der Waals surface area contributed by atoms with Crippen LogP contribution in [0.2, 0.25) is 0 Å².